The van der Waals surface area contributed by atoms with Crippen molar-refractivity contribution in [2.45, 2.75) is 13.0 Å². The molecule has 0 fully saturated rings. The van der Waals surface area contributed by atoms with Crippen LogP contribution in [0.25, 0.3) is 10.8 Å². The third-order valence-electron chi connectivity index (χ3n) is 2.23. The standard InChI is InChI=1S/C13H14O2.H3N/c1-10(14)9-15-13-8-4-6-11-5-2-3-7-12(11)13;/h2-8,10,14H,9H2,1H3;1H3. The fourth-order valence-corrected chi connectivity index (χ4v) is 1.53. The highest BCUT2D eigenvalue weighted by Crippen LogP contribution is 2.25. The summed E-state index contributed by atoms with van der Waals surface area (Å²) in [5.74, 6) is 0.828. The van der Waals surface area contributed by atoms with E-state index in [9.17, 15) is 0 Å². The van der Waals surface area contributed by atoms with Crippen molar-refractivity contribution in [3.63, 3.8) is 0 Å². The molecule has 0 saturated heterocycles. The average molecular weight is 219 g/mol. The Labute approximate surface area is 95.3 Å². The van der Waals surface area contributed by atoms with E-state index in [0.29, 0.717) is 6.61 Å². The first kappa shape index (κ1) is 12.5. The van der Waals surface area contributed by atoms with Gasteiger partial charge in [-0.25, -0.2) is 0 Å². The van der Waals surface area contributed by atoms with Crippen LogP contribution in [0.3, 0.4) is 0 Å². The van der Waals surface area contributed by atoms with E-state index in [1.165, 1.54) is 0 Å². The summed E-state index contributed by atoms with van der Waals surface area (Å²) < 4.78 is 5.53. The minimum absolute atomic E-state index is 0. The van der Waals surface area contributed by atoms with Crippen LogP contribution in [0.5, 0.6) is 5.75 Å². The highest BCUT2D eigenvalue weighted by molar-refractivity contribution is 5.88. The maximum atomic E-state index is 9.16. The van der Waals surface area contributed by atoms with Gasteiger partial charge in [-0.2, -0.15) is 0 Å². The summed E-state index contributed by atoms with van der Waals surface area (Å²) in [5.41, 5.74) is 0. The number of aliphatic hydroxyl groups is 1. The van der Waals surface area contributed by atoms with Gasteiger partial charge in [-0.1, -0.05) is 36.4 Å². The molecule has 0 radical (unpaired) electrons. The third-order valence-corrected chi connectivity index (χ3v) is 2.23. The van der Waals surface area contributed by atoms with Gasteiger partial charge in [-0.3, -0.25) is 0 Å². The fourth-order valence-electron chi connectivity index (χ4n) is 1.53. The van der Waals surface area contributed by atoms with Gasteiger partial charge in [-0.15, -0.1) is 0 Å². The van der Waals surface area contributed by atoms with Crippen LogP contribution in [0.15, 0.2) is 42.5 Å². The van der Waals surface area contributed by atoms with Crippen LogP contribution in [0.1, 0.15) is 6.92 Å². The van der Waals surface area contributed by atoms with E-state index >= 15 is 0 Å². The van der Waals surface area contributed by atoms with E-state index in [0.717, 1.165) is 16.5 Å². The van der Waals surface area contributed by atoms with Gasteiger partial charge in [0.25, 0.3) is 0 Å². The second kappa shape index (κ2) is 5.49. The summed E-state index contributed by atoms with van der Waals surface area (Å²) >= 11 is 0. The number of aliphatic hydroxyl groups excluding tert-OH is 1. The smallest absolute Gasteiger partial charge is 0.127 e. The Balaban J connectivity index is 0.00000128. The highest BCUT2D eigenvalue weighted by atomic mass is 16.5. The Morgan fingerprint density at radius 2 is 1.81 bits per heavy atom. The van der Waals surface area contributed by atoms with Crippen molar-refractivity contribution in [2.75, 3.05) is 6.61 Å². The lowest BCUT2D eigenvalue weighted by Gasteiger charge is -2.10. The van der Waals surface area contributed by atoms with Gasteiger partial charge in [0.2, 0.25) is 0 Å². The number of rotatable bonds is 3. The van der Waals surface area contributed by atoms with Gasteiger partial charge >= 0.3 is 0 Å². The van der Waals surface area contributed by atoms with Crippen molar-refractivity contribution in [3.8, 4) is 5.75 Å². The summed E-state index contributed by atoms with van der Waals surface area (Å²) in [6.07, 6.45) is -0.441. The Morgan fingerprint density at radius 1 is 1.12 bits per heavy atom. The number of hydrogen-bond acceptors (Lipinski definition) is 3. The van der Waals surface area contributed by atoms with Gasteiger partial charge in [0, 0.05) is 5.39 Å². The molecule has 16 heavy (non-hydrogen) atoms. The molecule has 0 saturated carbocycles. The predicted molar refractivity (Wildman–Crippen MR) is 66.1 cm³/mol. The van der Waals surface area contributed by atoms with Crippen molar-refractivity contribution < 1.29 is 9.84 Å². The molecule has 0 amide bonds. The van der Waals surface area contributed by atoms with Gasteiger partial charge in [-0.05, 0) is 18.4 Å². The molecule has 2 aromatic rings. The van der Waals surface area contributed by atoms with E-state index in [1.54, 1.807) is 6.92 Å². The van der Waals surface area contributed by atoms with Crippen LogP contribution >= 0.6 is 0 Å². The molecule has 86 valence electrons. The zero-order valence-electron chi connectivity index (χ0n) is 9.39. The van der Waals surface area contributed by atoms with E-state index < -0.39 is 6.10 Å². The van der Waals surface area contributed by atoms with Crippen molar-refractivity contribution in [3.05, 3.63) is 42.5 Å². The fraction of sp³-hybridized carbons (Fsp3) is 0.231. The van der Waals surface area contributed by atoms with Crippen molar-refractivity contribution in [1.82, 2.24) is 6.15 Å². The molecular formula is C13H17NO2. The van der Waals surface area contributed by atoms with Crippen molar-refractivity contribution in [1.29, 1.82) is 0 Å². The summed E-state index contributed by atoms with van der Waals surface area (Å²) in [4.78, 5) is 0. The zero-order chi connectivity index (χ0) is 10.7. The van der Waals surface area contributed by atoms with E-state index in [1.807, 2.05) is 42.5 Å². The molecule has 3 heteroatoms. The summed E-state index contributed by atoms with van der Waals surface area (Å²) in [6, 6.07) is 14.0. The van der Waals surface area contributed by atoms with Crippen LogP contribution in [0.2, 0.25) is 0 Å². The van der Waals surface area contributed by atoms with Crippen LogP contribution in [-0.2, 0) is 0 Å². The van der Waals surface area contributed by atoms with Crippen LogP contribution in [-0.4, -0.2) is 17.8 Å². The lowest BCUT2D eigenvalue weighted by molar-refractivity contribution is 0.123. The molecule has 0 spiro atoms. The normalized spacial score (nSPS) is 11.9. The second-order valence-electron chi connectivity index (χ2n) is 3.64. The van der Waals surface area contributed by atoms with Gasteiger partial charge in [0.05, 0.1) is 6.10 Å². The maximum absolute atomic E-state index is 9.16. The SMILES string of the molecule is CC(O)COc1cccc2ccccc12.N. The Morgan fingerprint density at radius 3 is 2.56 bits per heavy atom. The monoisotopic (exact) mass is 219 g/mol. The van der Waals surface area contributed by atoms with E-state index in [2.05, 4.69) is 0 Å². The van der Waals surface area contributed by atoms with E-state index in [-0.39, 0.29) is 6.15 Å². The molecule has 0 bridgehead atoms. The van der Waals surface area contributed by atoms with Gasteiger partial charge in [0.15, 0.2) is 0 Å². The third kappa shape index (κ3) is 2.72. The lowest BCUT2D eigenvalue weighted by Crippen LogP contribution is -2.12. The second-order valence-corrected chi connectivity index (χ2v) is 3.64. The molecule has 0 aromatic heterocycles. The van der Waals surface area contributed by atoms with E-state index in [4.69, 9.17) is 9.84 Å². The first-order chi connectivity index (χ1) is 7.27. The molecule has 1 unspecified atom stereocenters. The molecule has 0 heterocycles. The van der Waals surface area contributed by atoms with Crippen LogP contribution < -0.4 is 10.9 Å². The molecule has 0 aliphatic heterocycles. The lowest BCUT2D eigenvalue weighted by atomic mass is 10.1. The Kier molecular flexibility index (Phi) is 4.28. The first-order valence-corrected chi connectivity index (χ1v) is 5.06. The largest absolute Gasteiger partial charge is 0.490 e. The van der Waals surface area contributed by atoms with Crippen molar-refractivity contribution >= 4 is 10.8 Å². The molecule has 3 nitrogen and oxygen atoms in total. The number of ether oxygens (including phenoxy) is 1. The molecule has 2 aromatic carbocycles. The molecule has 2 rings (SSSR count). The highest BCUT2D eigenvalue weighted by Gasteiger charge is 2.02. The number of benzene rings is 2. The molecule has 0 aliphatic carbocycles. The Bertz CT molecular complexity index is 449. The average Bonchev–Trinajstić information content (AvgIpc) is 2.26. The number of hydrogen-bond donors (Lipinski definition) is 2. The van der Waals surface area contributed by atoms with Crippen molar-refractivity contribution in [2.24, 2.45) is 0 Å². The molecule has 4 N–H and O–H groups in total. The maximum Gasteiger partial charge on any atom is 0.127 e. The zero-order valence-corrected chi connectivity index (χ0v) is 9.39. The summed E-state index contributed by atoms with van der Waals surface area (Å²) in [5, 5.41) is 11.4. The minimum Gasteiger partial charge on any atom is -0.490 e. The number of fused-ring (bicyclic) bond motifs is 1. The van der Waals surface area contributed by atoms with Crippen LogP contribution in [0, 0.1) is 0 Å². The summed E-state index contributed by atoms with van der Waals surface area (Å²) in [7, 11) is 0. The molecular weight excluding hydrogens is 202 g/mol. The Hall–Kier alpha value is -1.58. The molecule has 1 atom stereocenters. The molecule has 0 aliphatic rings. The topological polar surface area (TPSA) is 64.5 Å². The summed E-state index contributed by atoms with van der Waals surface area (Å²) in [6.45, 7) is 2.04. The van der Waals surface area contributed by atoms with Gasteiger partial charge in [0.1, 0.15) is 12.4 Å². The predicted octanol–water partition coefficient (Wildman–Crippen LogP) is 2.76. The van der Waals surface area contributed by atoms with Crippen LogP contribution in [0.4, 0.5) is 0 Å². The first-order valence-electron chi connectivity index (χ1n) is 5.06. The van der Waals surface area contributed by atoms with Gasteiger partial charge < -0.3 is 16.0 Å². The minimum atomic E-state index is -0.441. The quantitative estimate of drug-likeness (QED) is 0.834.